The summed E-state index contributed by atoms with van der Waals surface area (Å²) in [6.45, 7) is 14.0. The lowest BCUT2D eigenvalue weighted by molar-refractivity contribution is 0.280. The first-order chi connectivity index (χ1) is 9.44. The van der Waals surface area contributed by atoms with Gasteiger partial charge in [0.2, 0.25) is 0 Å². The molecule has 1 rings (SSSR count). The lowest BCUT2D eigenvalue weighted by Gasteiger charge is -2.35. The molecule has 1 N–H and O–H groups in total. The number of aromatic nitrogens is 1. The van der Waals surface area contributed by atoms with Crippen LogP contribution in [0.1, 0.15) is 57.4 Å². The zero-order valence-corrected chi connectivity index (χ0v) is 13.9. The highest BCUT2D eigenvalue weighted by atomic mass is 16.3. The van der Waals surface area contributed by atoms with Gasteiger partial charge in [-0.05, 0) is 44.2 Å². The van der Waals surface area contributed by atoms with Crippen molar-refractivity contribution in [1.82, 2.24) is 4.98 Å². The molecule has 3 heteroatoms. The van der Waals surface area contributed by atoms with E-state index in [1.165, 1.54) is 0 Å². The number of hydrogen-bond donors (Lipinski definition) is 1. The van der Waals surface area contributed by atoms with Crippen LogP contribution in [0.2, 0.25) is 0 Å². The van der Waals surface area contributed by atoms with Gasteiger partial charge >= 0.3 is 0 Å². The SMILES string of the molecule is CCC(CC)N(CC(C)C)c1nc(C)cc(C)c1CO. The third kappa shape index (κ3) is 3.95. The Morgan fingerprint density at radius 3 is 2.25 bits per heavy atom. The highest BCUT2D eigenvalue weighted by Crippen LogP contribution is 2.27. The quantitative estimate of drug-likeness (QED) is 0.823. The second-order valence-corrected chi connectivity index (χ2v) is 6.06. The van der Waals surface area contributed by atoms with Crippen molar-refractivity contribution in [3.8, 4) is 0 Å². The van der Waals surface area contributed by atoms with Crippen molar-refractivity contribution in [3.63, 3.8) is 0 Å². The minimum atomic E-state index is 0.0587. The summed E-state index contributed by atoms with van der Waals surface area (Å²) in [6.07, 6.45) is 2.20. The lowest BCUT2D eigenvalue weighted by atomic mass is 10.0. The van der Waals surface area contributed by atoms with Gasteiger partial charge in [-0.2, -0.15) is 0 Å². The van der Waals surface area contributed by atoms with Gasteiger partial charge in [0.05, 0.1) is 6.61 Å². The van der Waals surface area contributed by atoms with Crippen molar-refractivity contribution < 1.29 is 5.11 Å². The summed E-state index contributed by atoms with van der Waals surface area (Å²) in [5, 5.41) is 9.73. The molecule has 0 aliphatic carbocycles. The summed E-state index contributed by atoms with van der Waals surface area (Å²) in [5.41, 5.74) is 3.13. The highest BCUT2D eigenvalue weighted by molar-refractivity contribution is 5.52. The van der Waals surface area contributed by atoms with E-state index in [9.17, 15) is 5.11 Å². The number of hydrogen-bond acceptors (Lipinski definition) is 3. The normalized spacial score (nSPS) is 11.4. The maximum absolute atomic E-state index is 9.73. The second-order valence-electron chi connectivity index (χ2n) is 6.06. The molecule has 0 bridgehead atoms. The van der Waals surface area contributed by atoms with Crippen LogP contribution in [0.15, 0.2) is 6.07 Å². The third-order valence-corrected chi connectivity index (χ3v) is 3.83. The average molecular weight is 278 g/mol. The van der Waals surface area contributed by atoms with Gasteiger partial charge in [0.1, 0.15) is 5.82 Å². The molecule has 0 radical (unpaired) electrons. The van der Waals surface area contributed by atoms with Crippen molar-refractivity contribution in [2.75, 3.05) is 11.4 Å². The van der Waals surface area contributed by atoms with Crippen LogP contribution in [0.3, 0.4) is 0 Å². The third-order valence-electron chi connectivity index (χ3n) is 3.83. The van der Waals surface area contributed by atoms with Gasteiger partial charge in [-0.3, -0.25) is 0 Å². The molecule has 0 unspecified atom stereocenters. The van der Waals surface area contributed by atoms with Crippen molar-refractivity contribution in [1.29, 1.82) is 0 Å². The van der Waals surface area contributed by atoms with Crippen LogP contribution >= 0.6 is 0 Å². The number of aliphatic hydroxyl groups is 1. The van der Waals surface area contributed by atoms with Crippen LogP contribution in [0.4, 0.5) is 5.82 Å². The predicted octanol–water partition coefficient (Wildman–Crippen LogP) is 3.84. The highest BCUT2D eigenvalue weighted by Gasteiger charge is 2.22. The van der Waals surface area contributed by atoms with E-state index in [0.717, 1.165) is 42.0 Å². The zero-order valence-electron chi connectivity index (χ0n) is 13.9. The number of anilines is 1. The Labute approximate surface area is 124 Å². The predicted molar refractivity (Wildman–Crippen MR) is 86.2 cm³/mol. The molecule has 0 fully saturated rings. The zero-order chi connectivity index (χ0) is 15.3. The molecular weight excluding hydrogens is 248 g/mol. The molecule has 1 aromatic heterocycles. The van der Waals surface area contributed by atoms with Gasteiger partial charge in [0, 0.05) is 23.8 Å². The molecule has 0 saturated heterocycles. The van der Waals surface area contributed by atoms with Crippen molar-refractivity contribution in [2.24, 2.45) is 5.92 Å². The molecule has 1 heterocycles. The van der Waals surface area contributed by atoms with E-state index in [1.54, 1.807) is 0 Å². The van der Waals surface area contributed by atoms with Crippen LogP contribution in [0.25, 0.3) is 0 Å². The molecule has 0 amide bonds. The fourth-order valence-electron chi connectivity index (χ4n) is 2.81. The molecular formula is C17H30N2O. The minimum Gasteiger partial charge on any atom is -0.392 e. The average Bonchev–Trinajstić information content (AvgIpc) is 2.37. The van der Waals surface area contributed by atoms with Crippen LogP contribution < -0.4 is 4.90 Å². The van der Waals surface area contributed by atoms with E-state index in [0.29, 0.717) is 12.0 Å². The monoisotopic (exact) mass is 278 g/mol. The van der Waals surface area contributed by atoms with Gasteiger partial charge in [0.25, 0.3) is 0 Å². The Balaban J connectivity index is 3.31. The Morgan fingerprint density at radius 1 is 1.20 bits per heavy atom. The smallest absolute Gasteiger partial charge is 0.134 e. The van der Waals surface area contributed by atoms with E-state index >= 15 is 0 Å². The summed E-state index contributed by atoms with van der Waals surface area (Å²) in [5.74, 6) is 1.55. The largest absolute Gasteiger partial charge is 0.392 e. The van der Waals surface area contributed by atoms with Crippen LogP contribution in [0, 0.1) is 19.8 Å². The Kier molecular flexibility index (Phi) is 6.47. The molecule has 0 aromatic carbocycles. The number of pyridine rings is 1. The molecule has 0 atom stereocenters. The van der Waals surface area contributed by atoms with E-state index in [4.69, 9.17) is 4.98 Å². The summed E-state index contributed by atoms with van der Waals surface area (Å²) >= 11 is 0. The first-order valence-electron chi connectivity index (χ1n) is 7.79. The van der Waals surface area contributed by atoms with Crippen LogP contribution in [-0.4, -0.2) is 22.7 Å². The minimum absolute atomic E-state index is 0.0587. The van der Waals surface area contributed by atoms with Crippen molar-refractivity contribution >= 4 is 5.82 Å². The fourth-order valence-corrected chi connectivity index (χ4v) is 2.81. The Bertz CT molecular complexity index is 425. The Hall–Kier alpha value is -1.09. The molecule has 1 aromatic rings. The van der Waals surface area contributed by atoms with E-state index in [-0.39, 0.29) is 6.61 Å². The Morgan fingerprint density at radius 2 is 1.80 bits per heavy atom. The first-order valence-corrected chi connectivity index (χ1v) is 7.79. The van der Waals surface area contributed by atoms with Crippen LogP contribution in [0.5, 0.6) is 0 Å². The number of aryl methyl sites for hydroxylation is 2. The summed E-state index contributed by atoms with van der Waals surface area (Å²) < 4.78 is 0. The van der Waals surface area contributed by atoms with E-state index in [1.807, 2.05) is 6.92 Å². The van der Waals surface area contributed by atoms with Crippen LogP contribution in [-0.2, 0) is 6.61 Å². The molecule has 3 nitrogen and oxygen atoms in total. The summed E-state index contributed by atoms with van der Waals surface area (Å²) in [6, 6.07) is 2.53. The molecule has 20 heavy (non-hydrogen) atoms. The second kappa shape index (κ2) is 7.63. The van der Waals surface area contributed by atoms with E-state index < -0.39 is 0 Å². The molecule has 0 aliphatic rings. The number of rotatable bonds is 7. The van der Waals surface area contributed by atoms with Gasteiger partial charge < -0.3 is 10.0 Å². The van der Waals surface area contributed by atoms with Gasteiger partial charge in [-0.25, -0.2) is 4.98 Å². The topological polar surface area (TPSA) is 36.4 Å². The van der Waals surface area contributed by atoms with Crippen molar-refractivity contribution in [2.45, 2.75) is 67.0 Å². The maximum Gasteiger partial charge on any atom is 0.134 e. The standard InChI is InChI=1S/C17H30N2O/c1-7-15(8-2)19(10-12(3)4)17-16(11-20)13(5)9-14(6)18-17/h9,12,15,20H,7-8,10-11H2,1-6H3. The van der Waals surface area contributed by atoms with E-state index in [2.05, 4.69) is 45.6 Å². The van der Waals surface area contributed by atoms with Gasteiger partial charge in [0.15, 0.2) is 0 Å². The molecule has 0 spiro atoms. The molecule has 0 aliphatic heterocycles. The number of aliphatic hydroxyl groups excluding tert-OH is 1. The molecule has 0 saturated carbocycles. The molecule has 114 valence electrons. The van der Waals surface area contributed by atoms with Gasteiger partial charge in [-0.1, -0.05) is 27.7 Å². The summed E-state index contributed by atoms with van der Waals surface area (Å²) in [4.78, 5) is 7.14. The fraction of sp³-hybridized carbons (Fsp3) is 0.706. The summed E-state index contributed by atoms with van der Waals surface area (Å²) in [7, 11) is 0. The van der Waals surface area contributed by atoms with Crippen molar-refractivity contribution in [3.05, 3.63) is 22.9 Å². The number of nitrogens with zero attached hydrogens (tertiary/aromatic N) is 2. The van der Waals surface area contributed by atoms with Gasteiger partial charge in [-0.15, -0.1) is 0 Å². The first kappa shape index (κ1) is 17.0. The lowest BCUT2D eigenvalue weighted by Crippen LogP contribution is -2.39. The maximum atomic E-state index is 9.73.